The fourth-order valence-electron chi connectivity index (χ4n) is 2.60. The zero-order valence-electron chi connectivity index (χ0n) is 12.8. The van der Waals surface area contributed by atoms with E-state index < -0.39 is 0 Å². The Balaban J connectivity index is 1.75. The van der Waals surface area contributed by atoms with Gasteiger partial charge in [0, 0.05) is 31.4 Å². The van der Waals surface area contributed by atoms with Crippen molar-refractivity contribution < 1.29 is 9.47 Å². The van der Waals surface area contributed by atoms with Crippen LogP contribution in [0.1, 0.15) is 5.56 Å². The minimum Gasteiger partial charge on any atom is -0.496 e. The van der Waals surface area contributed by atoms with Gasteiger partial charge in [-0.15, -0.1) is 0 Å². The highest BCUT2D eigenvalue weighted by atomic mass is 16.5. The third-order valence-electron chi connectivity index (χ3n) is 3.76. The van der Waals surface area contributed by atoms with Gasteiger partial charge in [-0.05, 0) is 18.2 Å². The number of ether oxygens (including phenoxy) is 2. The largest absolute Gasteiger partial charge is 0.496 e. The second-order valence-corrected chi connectivity index (χ2v) is 5.14. The van der Waals surface area contributed by atoms with Gasteiger partial charge in [0.1, 0.15) is 5.75 Å². The number of pyridine rings is 1. The zero-order valence-corrected chi connectivity index (χ0v) is 12.8. The smallest absolute Gasteiger partial charge is 0.152 e. The van der Waals surface area contributed by atoms with Crippen molar-refractivity contribution in [3.8, 4) is 5.75 Å². The van der Waals surface area contributed by atoms with E-state index in [9.17, 15) is 0 Å². The topological polar surface area (TPSA) is 46.6 Å². The molecule has 0 aliphatic carbocycles. The Morgan fingerprint density at radius 1 is 1.18 bits per heavy atom. The summed E-state index contributed by atoms with van der Waals surface area (Å²) in [6, 6.07) is 12.1. The lowest BCUT2D eigenvalue weighted by Crippen LogP contribution is -2.37. The standard InChI is InChI=1S/C17H21N3O2/c1-21-16-7-3-2-5-14(16)13-19-15-6-4-8-18-17(15)20-9-11-22-12-10-20/h2-8,19H,9-13H2,1H3. The van der Waals surface area contributed by atoms with Gasteiger partial charge in [0.05, 0.1) is 26.0 Å². The average molecular weight is 299 g/mol. The van der Waals surface area contributed by atoms with Crippen molar-refractivity contribution in [3.05, 3.63) is 48.2 Å². The number of nitrogens with one attached hydrogen (secondary N) is 1. The van der Waals surface area contributed by atoms with Crippen molar-refractivity contribution in [2.24, 2.45) is 0 Å². The van der Waals surface area contributed by atoms with Crippen LogP contribution in [0.3, 0.4) is 0 Å². The number of methoxy groups -OCH3 is 1. The molecule has 0 unspecified atom stereocenters. The van der Waals surface area contributed by atoms with Crippen molar-refractivity contribution >= 4 is 11.5 Å². The molecule has 22 heavy (non-hydrogen) atoms. The lowest BCUT2D eigenvalue weighted by molar-refractivity contribution is 0.122. The molecular formula is C17H21N3O2. The van der Waals surface area contributed by atoms with Crippen LogP contribution in [0.5, 0.6) is 5.75 Å². The number of aromatic nitrogens is 1. The maximum atomic E-state index is 5.41. The highest BCUT2D eigenvalue weighted by molar-refractivity contribution is 5.65. The Bertz CT molecular complexity index is 612. The van der Waals surface area contributed by atoms with Crippen LogP contribution in [0, 0.1) is 0 Å². The molecule has 0 amide bonds. The fourth-order valence-corrected chi connectivity index (χ4v) is 2.60. The lowest BCUT2D eigenvalue weighted by Gasteiger charge is -2.29. The van der Waals surface area contributed by atoms with Gasteiger partial charge in [-0.2, -0.15) is 0 Å². The van der Waals surface area contributed by atoms with Crippen LogP contribution < -0.4 is 15.0 Å². The van der Waals surface area contributed by atoms with E-state index in [4.69, 9.17) is 9.47 Å². The summed E-state index contributed by atoms with van der Waals surface area (Å²) in [5, 5.41) is 3.48. The Kier molecular flexibility index (Phi) is 4.75. The van der Waals surface area contributed by atoms with Gasteiger partial charge in [-0.1, -0.05) is 18.2 Å². The summed E-state index contributed by atoms with van der Waals surface area (Å²) < 4.78 is 10.8. The molecule has 1 N–H and O–H groups in total. The molecule has 1 fully saturated rings. The van der Waals surface area contributed by atoms with Crippen LogP contribution >= 0.6 is 0 Å². The van der Waals surface area contributed by atoms with Crippen LogP contribution in [0.15, 0.2) is 42.6 Å². The fraction of sp³-hybridized carbons (Fsp3) is 0.353. The molecule has 0 radical (unpaired) electrons. The predicted molar refractivity (Wildman–Crippen MR) is 87.6 cm³/mol. The number of hydrogen-bond donors (Lipinski definition) is 1. The molecule has 0 bridgehead atoms. The first-order valence-electron chi connectivity index (χ1n) is 7.52. The number of rotatable bonds is 5. The van der Waals surface area contributed by atoms with E-state index >= 15 is 0 Å². The molecule has 2 heterocycles. The monoisotopic (exact) mass is 299 g/mol. The van der Waals surface area contributed by atoms with E-state index in [1.807, 2.05) is 30.5 Å². The van der Waals surface area contributed by atoms with Gasteiger partial charge < -0.3 is 19.7 Å². The molecule has 116 valence electrons. The molecule has 0 spiro atoms. The SMILES string of the molecule is COc1ccccc1CNc1cccnc1N1CCOCC1. The first kappa shape index (κ1) is 14.7. The van der Waals surface area contributed by atoms with E-state index in [0.29, 0.717) is 6.54 Å². The van der Waals surface area contributed by atoms with Crippen molar-refractivity contribution in [1.29, 1.82) is 0 Å². The van der Waals surface area contributed by atoms with Crippen LogP contribution in [0.25, 0.3) is 0 Å². The summed E-state index contributed by atoms with van der Waals surface area (Å²) in [5.41, 5.74) is 2.16. The Hall–Kier alpha value is -2.27. The minimum atomic E-state index is 0.701. The number of para-hydroxylation sites is 1. The summed E-state index contributed by atoms with van der Waals surface area (Å²) in [6.07, 6.45) is 1.83. The summed E-state index contributed by atoms with van der Waals surface area (Å²) in [7, 11) is 1.70. The normalized spacial score (nSPS) is 14.7. The van der Waals surface area contributed by atoms with Gasteiger partial charge in [-0.3, -0.25) is 0 Å². The Morgan fingerprint density at radius 3 is 2.82 bits per heavy atom. The van der Waals surface area contributed by atoms with Crippen LogP contribution in [0.4, 0.5) is 11.5 Å². The first-order valence-corrected chi connectivity index (χ1v) is 7.52. The summed E-state index contributed by atoms with van der Waals surface area (Å²) in [5.74, 6) is 1.88. The third kappa shape index (κ3) is 3.31. The van der Waals surface area contributed by atoms with Crippen molar-refractivity contribution in [1.82, 2.24) is 4.98 Å². The van der Waals surface area contributed by atoms with E-state index in [2.05, 4.69) is 27.3 Å². The molecule has 0 saturated carbocycles. The molecule has 5 nitrogen and oxygen atoms in total. The number of anilines is 2. The molecule has 1 aromatic heterocycles. The maximum Gasteiger partial charge on any atom is 0.152 e. The highest BCUT2D eigenvalue weighted by Gasteiger charge is 2.15. The van der Waals surface area contributed by atoms with Gasteiger partial charge in [0.2, 0.25) is 0 Å². The summed E-state index contributed by atoms with van der Waals surface area (Å²) in [4.78, 5) is 6.79. The van der Waals surface area contributed by atoms with Gasteiger partial charge in [0.15, 0.2) is 5.82 Å². The Morgan fingerprint density at radius 2 is 2.00 bits per heavy atom. The van der Waals surface area contributed by atoms with Crippen molar-refractivity contribution in [3.63, 3.8) is 0 Å². The van der Waals surface area contributed by atoms with Crippen molar-refractivity contribution in [2.75, 3.05) is 43.6 Å². The van der Waals surface area contributed by atoms with Gasteiger partial charge in [0.25, 0.3) is 0 Å². The van der Waals surface area contributed by atoms with Crippen LogP contribution in [0.2, 0.25) is 0 Å². The molecule has 1 aromatic carbocycles. The molecule has 3 rings (SSSR count). The summed E-state index contributed by atoms with van der Waals surface area (Å²) in [6.45, 7) is 3.96. The molecule has 1 saturated heterocycles. The lowest BCUT2D eigenvalue weighted by atomic mass is 10.2. The second-order valence-electron chi connectivity index (χ2n) is 5.14. The summed E-state index contributed by atoms with van der Waals surface area (Å²) >= 11 is 0. The molecule has 1 aliphatic heterocycles. The number of morpholine rings is 1. The molecular weight excluding hydrogens is 278 g/mol. The van der Waals surface area contributed by atoms with Crippen LogP contribution in [-0.2, 0) is 11.3 Å². The Labute approximate surface area is 130 Å². The molecule has 0 atom stereocenters. The average Bonchev–Trinajstić information content (AvgIpc) is 2.61. The van der Waals surface area contributed by atoms with Gasteiger partial charge in [-0.25, -0.2) is 4.98 Å². The second kappa shape index (κ2) is 7.13. The molecule has 5 heteroatoms. The molecule has 1 aliphatic rings. The highest BCUT2D eigenvalue weighted by Crippen LogP contribution is 2.25. The van der Waals surface area contributed by atoms with Crippen molar-refractivity contribution in [2.45, 2.75) is 6.54 Å². The van der Waals surface area contributed by atoms with E-state index in [1.165, 1.54) is 0 Å². The molecule has 2 aromatic rings. The number of hydrogen-bond acceptors (Lipinski definition) is 5. The zero-order chi connectivity index (χ0) is 15.2. The quantitative estimate of drug-likeness (QED) is 0.919. The van der Waals surface area contributed by atoms with E-state index in [1.54, 1.807) is 7.11 Å². The van der Waals surface area contributed by atoms with Crippen LogP contribution in [-0.4, -0.2) is 38.4 Å². The minimum absolute atomic E-state index is 0.701. The maximum absolute atomic E-state index is 5.41. The van der Waals surface area contributed by atoms with E-state index in [0.717, 1.165) is 49.1 Å². The predicted octanol–water partition coefficient (Wildman–Crippen LogP) is 2.54. The number of nitrogens with zero attached hydrogens (tertiary/aromatic N) is 2. The van der Waals surface area contributed by atoms with E-state index in [-0.39, 0.29) is 0 Å². The number of benzene rings is 1. The first-order chi connectivity index (χ1) is 10.9. The third-order valence-corrected chi connectivity index (χ3v) is 3.76. The van der Waals surface area contributed by atoms with Gasteiger partial charge >= 0.3 is 0 Å².